The molecule has 0 aliphatic carbocycles. The maximum absolute atomic E-state index is 9.69. The smallest absolute Gasteiger partial charge is 0.122 e. The second-order valence-corrected chi connectivity index (χ2v) is 4.61. The predicted molar refractivity (Wildman–Crippen MR) is 61.9 cm³/mol. The van der Waals surface area contributed by atoms with Crippen molar-refractivity contribution in [3.8, 4) is 0 Å². The van der Waals surface area contributed by atoms with Crippen molar-refractivity contribution >= 4 is 0 Å². The summed E-state index contributed by atoms with van der Waals surface area (Å²) in [6.45, 7) is 3.64. The van der Waals surface area contributed by atoms with E-state index in [1.165, 1.54) is 0 Å². The number of likely N-dealkylation sites (tertiary alicyclic amines) is 1. The number of hydrogen-bond acceptors (Lipinski definition) is 4. The molecule has 0 aromatic carbocycles. The summed E-state index contributed by atoms with van der Waals surface area (Å²) in [4.78, 5) is 2.22. The summed E-state index contributed by atoms with van der Waals surface area (Å²) in [5, 5.41) is 9.69. The lowest BCUT2D eigenvalue weighted by Gasteiger charge is -2.37. The minimum atomic E-state index is -0.232. The summed E-state index contributed by atoms with van der Waals surface area (Å²) in [6.07, 6.45) is 3.35. The van der Waals surface area contributed by atoms with Crippen molar-refractivity contribution in [2.75, 3.05) is 13.1 Å². The molecule has 0 radical (unpaired) electrons. The SMILES string of the molecule is CC(N)C(c1ccco1)N1CCCC(O)C1. The first-order chi connectivity index (χ1) is 7.68. The Hall–Kier alpha value is -0.840. The zero-order chi connectivity index (χ0) is 11.5. The Bertz CT molecular complexity index is 311. The van der Waals surface area contributed by atoms with E-state index in [-0.39, 0.29) is 18.2 Å². The van der Waals surface area contributed by atoms with Crippen LogP contribution in [0.25, 0.3) is 0 Å². The lowest BCUT2D eigenvalue weighted by atomic mass is 10.0. The fraction of sp³-hybridized carbons (Fsp3) is 0.667. The molecule has 3 unspecified atom stereocenters. The van der Waals surface area contributed by atoms with Crippen LogP contribution in [0.1, 0.15) is 31.6 Å². The number of aliphatic hydroxyl groups excluding tert-OH is 1. The van der Waals surface area contributed by atoms with Crippen LogP contribution in [-0.4, -0.2) is 35.2 Å². The number of rotatable bonds is 3. The summed E-state index contributed by atoms with van der Waals surface area (Å²) in [7, 11) is 0. The zero-order valence-electron chi connectivity index (χ0n) is 9.67. The molecule has 1 saturated heterocycles. The Morgan fingerprint density at radius 3 is 3.00 bits per heavy atom. The topological polar surface area (TPSA) is 62.6 Å². The molecule has 0 spiro atoms. The van der Waals surface area contributed by atoms with Crippen molar-refractivity contribution in [2.45, 2.75) is 38.0 Å². The number of furan rings is 1. The minimum absolute atomic E-state index is 0.00329. The second-order valence-electron chi connectivity index (χ2n) is 4.61. The molecule has 1 aliphatic heterocycles. The van der Waals surface area contributed by atoms with Gasteiger partial charge in [-0.15, -0.1) is 0 Å². The molecule has 1 aromatic heterocycles. The van der Waals surface area contributed by atoms with Crippen LogP contribution in [0.15, 0.2) is 22.8 Å². The molecule has 2 heterocycles. The average molecular weight is 224 g/mol. The largest absolute Gasteiger partial charge is 0.468 e. The quantitative estimate of drug-likeness (QED) is 0.807. The maximum Gasteiger partial charge on any atom is 0.122 e. The van der Waals surface area contributed by atoms with Gasteiger partial charge in [0.05, 0.1) is 18.4 Å². The van der Waals surface area contributed by atoms with E-state index in [1.807, 2.05) is 19.1 Å². The Labute approximate surface area is 96.0 Å². The van der Waals surface area contributed by atoms with E-state index in [4.69, 9.17) is 10.2 Å². The van der Waals surface area contributed by atoms with Crippen LogP contribution in [0.2, 0.25) is 0 Å². The molecule has 1 aliphatic rings. The molecule has 16 heavy (non-hydrogen) atoms. The van der Waals surface area contributed by atoms with Gasteiger partial charge in [0.2, 0.25) is 0 Å². The van der Waals surface area contributed by atoms with Gasteiger partial charge in [-0.3, -0.25) is 4.90 Å². The third kappa shape index (κ3) is 2.45. The van der Waals surface area contributed by atoms with E-state index in [1.54, 1.807) is 6.26 Å². The number of nitrogens with zero attached hydrogens (tertiary/aromatic N) is 1. The molecule has 4 heteroatoms. The summed E-state index contributed by atoms with van der Waals surface area (Å²) in [6, 6.07) is 3.90. The normalized spacial score (nSPS) is 26.6. The molecule has 4 nitrogen and oxygen atoms in total. The molecular weight excluding hydrogens is 204 g/mol. The lowest BCUT2D eigenvalue weighted by molar-refractivity contribution is 0.0344. The van der Waals surface area contributed by atoms with Crippen LogP contribution in [0.3, 0.4) is 0 Å². The van der Waals surface area contributed by atoms with Crippen LogP contribution >= 0.6 is 0 Å². The van der Waals surface area contributed by atoms with Gasteiger partial charge in [0, 0.05) is 12.6 Å². The number of β-amino-alcohol motifs (C(OH)–C–C–N with tert-alkyl or cyclic N) is 1. The number of hydrogen-bond donors (Lipinski definition) is 2. The molecule has 1 fully saturated rings. The van der Waals surface area contributed by atoms with Crippen LogP contribution in [0.4, 0.5) is 0 Å². The van der Waals surface area contributed by atoms with E-state index < -0.39 is 0 Å². The van der Waals surface area contributed by atoms with Gasteiger partial charge in [-0.25, -0.2) is 0 Å². The van der Waals surface area contributed by atoms with Crippen molar-refractivity contribution in [1.29, 1.82) is 0 Å². The summed E-state index contributed by atoms with van der Waals surface area (Å²) in [5.41, 5.74) is 6.02. The van der Waals surface area contributed by atoms with Gasteiger partial charge in [-0.2, -0.15) is 0 Å². The fourth-order valence-electron chi connectivity index (χ4n) is 2.47. The van der Waals surface area contributed by atoms with Crippen LogP contribution in [0, 0.1) is 0 Å². The first kappa shape index (κ1) is 11.6. The molecule has 2 rings (SSSR count). The number of piperidine rings is 1. The maximum atomic E-state index is 9.69. The van der Waals surface area contributed by atoms with Crippen molar-refractivity contribution in [1.82, 2.24) is 4.90 Å². The highest BCUT2D eigenvalue weighted by Gasteiger charge is 2.29. The molecule has 3 atom stereocenters. The third-order valence-electron chi connectivity index (χ3n) is 3.15. The van der Waals surface area contributed by atoms with E-state index in [0.29, 0.717) is 6.54 Å². The number of aliphatic hydroxyl groups is 1. The second kappa shape index (κ2) is 4.99. The van der Waals surface area contributed by atoms with Crippen molar-refractivity contribution < 1.29 is 9.52 Å². The van der Waals surface area contributed by atoms with Crippen molar-refractivity contribution in [3.05, 3.63) is 24.2 Å². The summed E-state index contributed by atoms with van der Waals surface area (Å²) < 4.78 is 5.44. The highest BCUT2D eigenvalue weighted by atomic mass is 16.3. The molecule has 0 saturated carbocycles. The number of nitrogens with two attached hydrogens (primary N) is 1. The zero-order valence-corrected chi connectivity index (χ0v) is 9.67. The summed E-state index contributed by atoms with van der Waals surface area (Å²) >= 11 is 0. The third-order valence-corrected chi connectivity index (χ3v) is 3.15. The van der Waals surface area contributed by atoms with Crippen LogP contribution < -0.4 is 5.73 Å². The fourth-order valence-corrected chi connectivity index (χ4v) is 2.47. The van der Waals surface area contributed by atoms with Crippen molar-refractivity contribution in [2.24, 2.45) is 5.73 Å². The molecule has 3 N–H and O–H groups in total. The first-order valence-corrected chi connectivity index (χ1v) is 5.89. The molecular formula is C12H20N2O2. The van der Waals surface area contributed by atoms with Gasteiger partial charge < -0.3 is 15.3 Å². The molecule has 0 amide bonds. The van der Waals surface area contributed by atoms with Gasteiger partial charge in [0.15, 0.2) is 0 Å². The highest BCUT2D eigenvalue weighted by molar-refractivity contribution is 5.08. The first-order valence-electron chi connectivity index (χ1n) is 5.89. The lowest BCUT2D eigenvalue weighted by Crippen LogP contribution is -2.46. The molecule has 90 valence electrons. The summed E-state index contributed by atoms with van der Waals surface area (Å²) in [5.74, 6) is 0.893. The molecule has 0 bridgehead atoms. The van der Waals surface area contributed by atoms with E-state index in [0.717, 1.165) is 25.1 Å². The minimum Gasteiger partial charge on any atom is -0.468 e. The van der Waals surface area contributed by atoms with E-state index in [2.05, 4.69) is 4.90 Å². The van der Waals surface area contributed by atoms with E-state index >= 15 is 0 Å². The monoisotopic (exact) mass is 224 g/mol. The average Bonchev–Trinajstić information content (AvgIpc) is 2.71. The van der Waals surface area contributed by atoms with Gasteiger partial charge >= 0.3 is 0 Å². The van der Waals surface area contributed by atoms with Crippen LogP contribution in [-0.2, 0) is 0 Å². The van der Waals surface area contributed by atoms with Crippen LogP contribution in [0.5, 0.6) is 0 Å². The van der Waals surface area contributed by atoms with Gasteiger partial charge in [0.1, 0.15) is 5.76 Å². The van der Waals surface area contributed by atoms with Gasteiger partial charge in [-0.05, 0) is 38.4 Å². The highest BCUT2D eigenvalue weighted by Crippen LogP contribution is 2.27. The Kier molecular flexibility index (Phi) is 3.63. The Morgan fingerprint density at radius 2 is 2.44 bits per heavy atom. The Balaban J connectivity index is 2.13. The Morgan fingerprint density at radius 1 is 1.62 bits per heavy atom. The molecule has 1 aromatic rings. The standard InChI is InChI=1S/C12H20N2O2/c1-9(13)12(11-5-3-7-16-11)14-6-2-4-10(15)8-14/h3,5,7,9-10,12,15H,2,4,6,8,13H2,1H3. The van der Waals surface area contributed by atoms with Crippen molar-refractivity contribution in [3.63, 3.8) is 0 Å². The predicted octanol–water partition coefficient (Wildman–Crippen LogP) is 1.12. The van der Waals surface area contributed by atoms with E-state index in [9.17, 15) is 5.11 Å². The van der Waals surface area contributed by atoms with Gasteiger partial charge in [0.25, 0.3) is 0 Å². The van der Waals surface area contributed by atoms with Gasteiger partial charge in [-0.1, -0.05) is 0 Å².